The quantitative estimate of drug-likeness (QED) is 0.321. The molecule has 0 fully saturated rings. The van der Waals surface area contributed by atoms with E-state index in [2.05, 4.69) is 24.3 Å². The highest BCUT2D eigenvalue weighted by Gasteiger charge is 2.22. The molecule has 0 aromatic heterocycles. The topological polar surface area (TPSA) is 75.7 Å². The lowest BCUT2D eigenvalue weighted by atomic mass is 10.1. The van der Waals surface area contributed by atoms with Crippen LogP contribution in [0.3, 0.4) is 0 Å². The Kier molecular flexibility index (Phi) is 14.8. The summed E-state index contributed by atoms with van der Waals surface area (Å²) in [6, 6.07) is 0. The molecule has 0 aromatic carbocycles. The van der Waals surface area contributed by atoms with Gasteiger partial charge in [0.1, 0.15) is 0 Å². The Morgan fingerprint density at radius 3 is 2.18 bits per heavy atom. The SMILES string of the molecule is C/C=C\C/C=C\CCCCCCCCOCC(N)(CO)CO. The van der Waals surface area contributed by atoms with E-state index in [1.54, 1.807) is 0 Å². The zero-order chi connectivity index (χ0) is 16.5. The second-order valence-electron chi connectivity index (χ2n) is 5.92. The summed E-state index contributed by atoms with van der Waals surface area (Å²) in [5.74, 6) is 0. The summed E-state index contributed by atoms with van der Waals surface area (Å²) in [6.07, 6.45) is 18.2. The molecule has 0 saturated heterocycles. The molecule has 0 radical (unpaired) electrons. The Bertz CT molecular complexity index is 286. The standard InChI is InChI=1S/C18H35NO3/c1-2-3-4-5-6-7-8-9-10-11-12-13-14-22-17-18(19,15-20)16-21/h2-3,5-6,20-21H,4,7-17,19H2,1H3/b3-2-,6-5-. The smallest absolute Gasteiger partial charge is 0.0859 e. The van der Waals surface area contributed by atoms with E-state index in [1.807, 2.05) is 6.92 Å². The molecule has 0 rings (SSSR count). The number of ether oxygens (including phenoxy) is 1. The fourth-order valence-electron chi connectivity index (χ4n) is 2.02. The highest BCUT2D eigenvalue weighted by Crippen LogP contribution is 2.08. The number of allylic oxidation sites excluding steroid dienone is 4. The summed E-state index contributed by atoms with van der Waals surface area (Å²) in [6.45, 7) is 2.39. The van der Waals surface area contributed by atoms with E-state index in [0.29, 0.717) is 6.61 Å². The first-order valence-corrected chi connectivity index (χ1v) is 8.53. The van der Waals surface area contributed by atoms with E-state index >= 15 is 0 Å². The van der Waals surface area contributed by atoms with Gasteiger partial charge in [0.25, 0.3) is 0 Å². The second kappa shape index (κ2) is 15.2. The molecule has 0 aliphatic rings. The largest absolute Gasteiger partial charge is 0.394 e. The zero-order valence-corrected chi connectivity index (χ0v) is 14.2. The summed E-state index contributed by atoms with van der Waals surface area (Å²) in [5, 5.41) is 18.0. The van der Waals surface area contributed by atoms with Crippen LogP contribution in [0.25, 0.3) is 0 Å². The van der Waals surface area contributed by atoms with Crippen LogP contribution in [0.5, 0.6) is 0 Å². The van der Waals surface area contributed by atoms with Crippen LogP contribution in [0, 0.1) is 0 Å². The molecule has 4 N–H and O–H groups in total. The molecule has 0 heterocycles. The van der Waals surface area contributed by atoms with Gasteiger partial charge in [-0.25, -0.2) is 0 Å². The van der Waals surface area contributed by atoms with Crippen LogP contribution in [0.1, 0.15) is 58.3 Å². The van der Waals surface area contributed by atoms with Gasteiger partial charge in [0, 0.05) is 6.61 Å². The minimum atomic E-state index is -1.000. The predicted molar refractivity (Wildman–Crippen MR) is 92.8 cm³/mol. The molecule has 0 bridgehead atoms. The highest BCUT2D eigenvalue weighted by atomic mass is 16.5. The minimum absolute atomic E-state index is 0.208. The predicted octanol–water partition coefficient (Wildman–Crippen LogP) is 2.94. The van der Waals surface area contributed by atoms with Crippen LogP contribution < -0.4 is 5.73 Å². The fraction of sp³-hybridized carbons (Fsp3) is 0.778. The Morgan fingerprint density at radius 1 is 0.909 bits per heavy atom. The van der Waals surface area contributed by atoms with Gasteiger partial charge in [0.15, 0.2) is 0 Å². The monoisotopic (exact) mass is 313 g/mol. The number of aliphatic hydroxyl groups is 2. The minimum Gasteiger partial charge on any atom is -0.394 e. The third-order valence-corrected chi connectivity index (χ3v) is 3.60. The molecule has 0 spiro atoms. The van der Waals surface area contributed by atoms with E-state index < -0.39 is 5.54 Å². The van der Waals surface area contributed by atoms with E-state index in [0.717, 1.165) is 19.3 Å². The van der Waals surface area contributed by atoms with Crippen molar-refractivity contribution >= 4 is 0 Å². The third-order valence-electron chi connectivity index (χ3n) is 3.60. The molecule has 4 nitrogen and oxygen atoms in total. The van der Waals surface area contributed by atoms with Gasteiger partial charge in [0.2, 0.25) is 0 Å². The second-order valence-corrected chi connectivity index (χ2v) is 5.92. The van der Waals surface area contributed by atoms with E-state index in [4.69, 9.17) is 20.7 Å². The number of hydrogen-bond acceptors (Lipinski definition) is 4. The van der Waals surface area contributed by atoms with Crippen molar-refractivity contribution in [2.24, 2.45) is 5.73 Å². The average molecular weight is 313 g/mol. The maximum atomic E-state index is 9.02. The van der Waals surface area contributed by atoms with Crippen molar-refractivity contribution in [1.82, 2.24) is 0 Å². The lowest BCUT2D eigenvalue weighted by molar-refractivity contribution is 0.0238. The summed E-state index contributed by atoms with van der Waals surface area (Å²) in [7, 11) is 0. The summed E-state index contributed by atoms with van der Waals surface area (Å²) < 4.78 is 5.41. The lowest BCUT2D eigenvalue weighted by Gasteiger charge is -2.24. The van der Waals surface area contributed by atoms with Crippen LogP contribution in [-0.2, 0) is 4.74 Å². The van der Waals surface area contributed by atoms with Crippen molar-refractivity contribution < 1.29 is 14.9 Å². The van der Waals surface area contributed by atoms with Gasteiger partial charge in [-0.1, -0.05) is 50.0 Å². The first-order chi connectivity index (χ1) is 10.7. The first-order valence-electron chi connectivity index (χ1n) is 8.53. The lowest BCUT2D eigenvalue weighted by Crippen LogP contribution is -2.51. The fourth-order valence-corrected chi connectivity index (χ4v) is 2.02. The third kappa shape index (κ3) is 13.0. The maximum Gasteiger partial charge on any atom is 0.0859 e. The molecular formula is C18H35NO3. The molecule has 0 atom stereocenters. The molecule has 22 heavy (non-hydrogen) atoms. The van der Waals surface area contributed by atoms with E-state index in [1.165, 1.54) is 32.1 Å². The normalized spacial score (nSPS) is 12.7. The summed E-state index contributed by atoms with van der Waals surface area (Å²) in [4.78, 5) is 0. The number of rotatable bonds is 15. The Morgan fingerprint density at radius 2 is 1.55 bits per heavy atom. The molecule has 0 aliphatic carbocycles. The van der Waals surface area contributed by atoms with Gasteiger partial charge in [-0.05, 0) is 32.6 Å². The average Bonchev–Trinajstić information content (AvgIpc) is 2.55. The Labute approximate surface area is 136 Å². The maximum absolute atomic E-state index is 9.02. The zero-order valence-electron chi connectivity index (χ0n) is 14.2. The Balaban J connectivity index is 3.25. The van der Waals surface area contributed by atoms with E-state index in [9.17, 15) is 0 Å². The van der Waals surface area contributed by atoms with Crippen molar-refractivity contribution in [3.8, 4) is 0 Å². The first kappa shape index (κ1) is 21.3. The molecule has 4 heteroatoms. The number of nitrogens with two attached hydrogens (primary N) is 1. The molecule has 0 unspecified atom stereocenters. The van der Waals surface area contributed by atoms with Gasteiger partial charge >= 0.3 is 0 Å². The summed E-state index contributed by atoms with van der Waals surface area (Å²) in [5.41, 5.74) is 4.71. The van der Waals surface area contributed by atoms with Crippen molar-refractivity contribution in [2.45, 2.75) is 63.8 Å². The molecule has 0 saturated carbocycles. The molecule has 0 aliphatic heterocycles. The molecular weight excluding hydrogens is 278 g/mol. The van der Waals surface area contributed by atoms with Crippen LogP contribution in [0.15, 0.2) is 24.3 Å². The number of unbranched alkanes of at least 4 members (excludes halogenated alkanes) is 6. The van der Waals surface area contributed by atoms with Gasteiger partial charge in [-0.2, -0.15) is 0 Å². The van der Waals surface area contributed by atoms with Gasteiger partial charge in [0.05, 0.1) is 25.4 Å². The van der Waals surface area contributed by atoms with E-state index in [-0.39, 0.29) is 19.8 Å². The van der Waals surface area contributed by atoms with Crippen LogP contribution in [-0.4, -0.2) is 42.2 Å². The van der Waals surface area contributed by atoms with Crippen molar-refractivity contribution in [1.29, 1.82) is 0 Å². The van der Waals surface area contributed by atoms with Crippen LogP contribution in [0.2, 0.25) is 0 Å². The van der Waals surface area contributed by atoms with Gasteiger partial charge in [-0.3, -0.25) is 0 Å². The van der Waals surface area contributed by atoms with Crippen molar-refractivity contribution in [3.63, 3.8) is 0 Å². The molecule has 0 amide bonds. The molecule has 130 valence electrons. The summed E-state index contributed by atoms with van der Waals surface area (Å²) >= 11 is 0. The van der Waals surface area contributed by atoms with Crippen molar-refractivity contribution in [2.75, 3.05) is 26.4 Å². The highest BCUT2D eigenvalue weighted by molar-refractivity contribution is 4.91. The van der Waals surface area contributed by atoms with Gasteiger partial charge in [-0.15, -0.1) is 0 Å². The van der Waals surface area contributed by atoms with Crippen molar-refractivity contribution in [3.05, 3.63) is 24.3 Å². The Hall–Kier alpha value is -0.680. The number of aliphatic hydroxyl groups excluding tert-OH is 2. The molecule has 0 aromatic rings. The number of hydrogen-bond donors (Lipinski definition) is 3. The van der Waals surface area contributed by atoms with Crippen LogP contribution in [0.4, 0.5) is 0 Å². The van der Waals surface area contributed by atoms with Gasteiger partial charge < -0.3 is 20.7 Å². The van der Waals surface area contributed by atoms with Crippen LogP contribution >= 0.6 is 0 Å².